The minimum Gasteiger partial charge on any atom is -0.468 e. The number of nitrogens with zero attached hydrogens (tertiary/aromatic N) is 5. The summed E-state index contributed by atoms with van der Waals surface area (Å²) >= 11 is 0. The van der Waals surface area contributed by atoms with E-state index in [-0.39, 0.29) is 30.0 Å². The van der Waals surface area contributed by atoms with Crippen LogP contribution in [0.1, 0.15) is 17.5 Å². The van der Waals surface area contributed by atoms with Crippen LogP contribution in [0.3, 0.4) is 0 Å². The summed E-state index contributed by atoms with van der Waals surface area (Å²) in [5, 5.41) is 7.49. The van der Waals surface area contributed by atoms with Crippen molar-refractivity contribution in [3.63, 3.8) is 0 Å². The Bertz CT molecular complexity index is 666. The summed E-state index contributed by atoms with van der Waals surface area (Å²) in [5.41, 5.74) is 0.980. The molecule has 0 saturated carbocycles. The summed E-state index contributed by atoms with van der Waals surface area (Å²) in [6.45, 7) is 5.39. The van der Waals surface area contributed by atoms with E-state index in [1.165, 1.54) is 0 Å². The van der Waals surface area contributed by atoms with Gasteiger partial charge >= 0.3 is 0 Å². The number of nitrogens with one attached hydrogen (secondary N) is 1. The Morgan fingerprint density at radius 1 is 1.26 bits per heavy atom. The average molecular weight is 488 g/mol. The molecular formula is C18H29IN6O2. The quantitative estimate of drug-likeness (QED) is 0.378. The molecule has 0 aromatic carbocycles. The van der Waals surface area contributed by atoms with Crippen molar-refractivity contribution in [2.24, 2.45) is 4.99 Å². The number of hydrogen-bond acceptors (Lipinski definition) is 6. The second-order valence-electron chi connectivity index (χ2n) is 6.68. The molecule has 1 saturated heterocycles. The van der Waals surface area contributed by atoms with Crippen molar-refractivity contribution in [2.75, 3.05) is 53.9 Å². The first-order chi connectivity index (χ1) is 12.7. The summed E-state index contributed by atoms with van der Waals surface area (Å²) in [7, 11) is 5.95. The zero-order valence-electron chi connectivity index (χ0n) is 16.2. The van der Waals surface area contributed by atoms with E-state index in [1.54, 1.807) is 12.5 Å². The molecule has 0 aliphatic carbocycles. The SMILES string of the molecule is CN=C(NCC(c1ccco1)N(C)C)N1CCN(Cc2ccon2)CC1.I. The van der Waals surface area contributed by atoms with Gasteiger partial charge in [0.05, 0.1) is 18.0 Å². The molecule has 1 fully saturated rings. The van der Waals surface area contributed by atoms with Crippen LogP contribution in [0.25, 0.3) is 0 Å². The molecule has 2 aromatic rings. The van der Waals surface area contributed by atoms with Crippen LogP contribution >= 0.6 is 24.0 Å². The Hall–Kier alpha value is -1.59. The molecule has 1 unspecified atom stereocenters. The molecule has 1 aliphatic rings. The van der Waals surface area contributed by atoms with Crippen molar-refractivity contribution in [3.8, 4) is 0 Å². The highest BCUT2D eigenvalue weighted by Gasteiger charge is 2.22. The Morgan fingerprint density at radius 3 is 2.59 bits per heavy atom. The lowest BCUT2D eigenvalue weighted by Gasteiger charge is -2.36. The van der Waals surface area contributed by atoms with Gasteiger partial charge in [0.2, 0.25) is 0 Å². The van der Waals surface area contributed by atoms with Crippen LogP contribution in [0.4, 0.5) is 0 Å². The van der Waals surface area contributed by atoms with Gasteiger partial charge in [-0.1, -0.05) is 5.16 Å². The van der Waals surface area contributed by atoms with Crippen molar-refractivity contribution in [1.29, 1.82) is 0 Å². The number of aliphatic imine (C=N–C) groups is 1. The normalized spacial score (nSPS) is 17.0. The number of hydrogen-bond donors (Lipinski definition) is 1. The van der Waals surface area contributed by atoms with Gasteiger partial charge in [0.1, 0.15) is 12.0 Å². The van der Waals surface area contributed by atoms with E-state index < -0.39 is 0 Å². The van der Waals surface area contributed by atoms with Gasteiger partial charge in [-0.3, -0.25) is 14.8 Å². The Labute approximate surface area is 177 Å². The molecule has 3 heterocycles. The van der Waals surface area contributed by atoms with Crippen LogP contribution in [0.2, 0.25) is 0 Å². The molecule has 1 N–H and O–H groups in total. The maximum Gasteiger partial charge on any atom is 0.193 e. The Morgan fingerprint density at radius 2 is 2.04 bits per heavy atom. The fourth-order valence-electron chi connectivity index (χ4n) is 3.20. The lowest BCUT2D eigenvalue weighted by molar-refractivity contribution is 0.168. The molecule has 27 heavy (non-hydrogen) atoms. The molecule has 1 atom stereocenters. The summed E-state index contributed by atoms with van der Waals surface area (Å²) in [4.78, 5) is 11.3. The number of guanidine groups is 1. The van der Waals surface area contributed by atoms with Crippen molar-refractivity contribution in [1.82, 2.24) is 25.2 Å². The number of halogens is 1. The van der Waals surface area contributed by atoms with Gasteiger partial charge in [0, 0.05) is 52.4 Å². The fourth-order valence-corrected chi connectivity index (χ4v) is 3.20. The van der Waals surface area contributed by atoms with Crippen LogP contribution in [-0.4, -0.2) is 79.7 Å². The van der Waals surface area contributed by atoms with Gasteiger partial charge in [-0.2, -0.15) is 0 Å². The van der Waals surface area contributed by atoms with Gasteiger partial charge < -0.3 is 19.2 Å². The van der Waals surface area contributed by atoms with Gasteiger partial charge in [-0.25, -0.2) is 0 Å². The molecule has 0 spiro atoms. The number of rotatable bonds is 6. The molecule has 3 rings (SSSR count). The Kier molecular flexibility index (Phi) is 8.58. The second kappa shape index (κ2) is 10.7. The molecule has 9 heteroatoms. The molecule has 2 aromatic heterocycles. The van der Waals surface area contributed by atoms with E-state index in [0.717, 1.165) is 56.7 Å². The van der Waals surface area contributed by atoms with Crippen molar-refractivity contribution in [3.05, 3.63) is 42.2 Å². The lowest BCUT2D eigenvalue weighted by Crippen LogP contribution is -2.53. The number of furan rings is 1. The average Bonchev–Trinajstić information content (AvgIpc) is 3.33. The highest BCUT2D eigenvalue weighted by atomic mass is 127. The van der Waals surface area contributed by atoms with E-state index in [1.807, 2.05) is 25.2 Å². The van der Waals surface area contributed by atoms with Crippen LogP contribution in [-0.2, 0) is 6.54 Å². The third-order valence-electron chi connectivity index (χ3n) is 4.71. The first-order valence-corrected chi connectivity index (χ1v) is 8.94. The highest BCUT2D eigenvalue weighted by molar-refractivity contribution is 14.0. The maximum atomic E-state index is 5.58. The first-order valence-electron chi connectivity index (χ1n) is 8.94. The summed E-state index contributed by atoms with van der Waals surface area (Å²) < 4.78 is 10.5. The minimum absolute atomic E-state index is 0. The van der Waals surface area contributed by atoms with Gasteiger partial charge in [0.25, 0.3) is 0 Å². The third kappa shape index (κ3) is 5.94. The summed E-state index contributed by atoms with van der Waals surface area (Å²) in [6, 6.07) is 6.02. The van der Waals surface area contributed by atoms with Crippen molar-refractivity contribution in [2.45, 2.75) is 12.6 Å². The number of likely N-dealkylation sites (N-methyl/N-ethyl adjacent to an activating group) is 1. The molecular weight excluding hydrogens is 459 g/mol. The van der Waals surface area contributed by atoms with Crippen LogP contribution in [0.15, 0.2) is 44.7 Å². The highest BCUT2D eigenvalue weighted by Crippen LogP contribution is 2.17. The molecule has 8 nitrogen and oxygen atoms in total. The van der Waals surface area contributed by atoms with Crippen LogP contribution < -0.4 is 5.32 Å². The van der Waals surface area contributed by atoms with Crippen molar-refractivity contribution >= 4 is 29.9 Å². The topological polar surface area (TPSA) is 73.3 Å². The number of piperazine rings is 1. The number of aromatic nitrogens is 1. The monoisotopic (exact) mass is 488 g/mol. The molecule has 1 aliphatic heterocycles. The molecule has 0 bridgehead atoms. The maximum absolute atomic E-state index is 5.58. The minimum atomic E-state index is 0. The molecule has 150 valence electrons. The van der Waals surface area contributed by atoms with E-state index in [2.05, 4.69) is 44.3 Å². The van der Waals surface area contributed by atoms with Gasteiger partial charge in [0.15, 0.2) is 5.96 Å². The fraction of sp³-hybridized carbons (Fsp3) is 0.556. The standard InChI is InChI=1S/C18H28N6O2.HI/c1-19-18(20-13-16(22(2)3)17-5-4-11-25-17)24-9-7-23(8-10-24)14-15-6-12-26-21-15;/h4-6,11-12,16H,7-10,13-14H2,1-3H3,(H,19,20);1H. The van der Waals surface area contributed by atoms with Gasteiger partial charge in [-0.05, 0) is 26.2 Å². The summed E-state index contributed by atoms with van der Waals surface area (Å²) in [5.74, 6) is 1.89. The second-order valence-corrected chi connectivity index (χ2v) is 6.68. The first kappa shape index (κ1) is 21.7. The van der Waals surface area contributed by atoms with E-state index in [9.17, 15) is 0 Å². The van der Waals surface area contributed by atoms with Crippen LogP contribution in [0.5, 0.6) is 0 Å². The van der Waals surface area contributed by atoms with Crippen LogP contribution in [0, 0.1) is 0 Å². The van der Waals surface area contributed by atoms with E-state index in [0.29, 0.717) is 0 Å². The Balaban J connectivity index is 0.00000261. The van der Waals surface area contributed by atoms with Crippen molar-refractivity contribution < 1.29 is 8.94 Å². The third-order valence-corrected chi connectivity index (χ3v) is 4.71. The predicted molar refractivity (Wildman–Crippen MR) is 115 cm³/mol. The molecule has 0 amide bonds. The lowest BCUT2D eigenvalue weighted by atomic mass is 10.2. The smallest absolute Gasteiger partial charge is 0.193 e. The summed E-state index contributed by atoms with van der Waals surface area (Å²) in [6.07, 6.45) is 3.34. The van der Waals surface area contributed by atoms with Gasteiger partial charge in [-0.15, -0.1) is 24.0 Å². The van der Waals surface area contributed by atoms with E-state index in [4.69, 9.17) is 8.94 Å². The zero-order valence-corrected chi connectivity index (χ0v) is 18.5. The molecule has 0 radical (unpaired) electrons. The van der Waals surface area contributed by atoms with E-state index >= 15 is 0 Å². The zero-order chi connectivity index (χ0) is 18.4. The predicted octanol–water partition coefficient (Wildman–Crippen LogP) is 1.88. The largest absolute Gasteiger partial charge is 0.468 e.